The maximum absolute atomic E-state index is 11.4. The summed E-state index contributed by atoms with van der Waals surface area (Å²) in [5.41, 5.74) is 2.19. The number of carbonyl (C=O) groups is 1. The first kappa shape index (κ1) is 14.0. The number of anilines is 1. The number of halogens is 1. The molecule has 0 aliphatic carbocycles. The van der Waals surface area contributed by atoms with Crippen molar-refractivity contribution < 1.29 is 9.53 Å². The molecule has 4 heteroatoms. The highest BCUT2D eigenvalue weighted by Crippen LogP contribution is 2.23. The molecule has 0 saturated heterocycles. The maximum Gasteiger partial charge on any atom is 0.310 e. The highest BCUT2D eigenvalue weighted by atomic mass is 79.9. The molecule has 94 valence electrons. The molecular weight excluding hydrogens is 282 g/mol. The van der Waals surface area contributed by atoms with Crippen LogP contribution in [0.25, 0.3) is 0 Å². The third-order valence-corrected chi connectivity index (χ3v) is 3.07. The van der Waals surface area contributed by atoms with Gasteiger partial charge in [0.15, 0.2) is 0 Å². The minimum absolute atomic E-state index is 0.150. The van der Waals surface area contributed by atoms with Crippen molar-refractivity contribution in [2.24, 2.45) is 5.92 Å². The van der Waals surface area contributed by atoms with Crippen molar-refractivity contribution in [2.45, 2.75) is 20.8 Å². The number of benzene rings is 1. The Hall–Kier alpha value is -1.03. The molecule has 17 heavy (non-hydrogen) atoms. The van der Waals surface area contributed by atoms with E-state index in [-0.39, 0.29) is 11.9 Å². The van der Waals surface area contributed by atoms with Gasteiger partial charge in [-0.05, 0) is 47.5 Å². The third-order valence-electron chi connectivity index (χ3n) is 2.41. The first-order valence-electron chi connectivity index (χ1n) is 5.71. The van der Waals surface area contributed by atoms with Crippen molar-refractivity contribution in [3.8, 4) is 0 Å². The number of esters is 1. The Labute approximate surface area is 111 Å². The zero-order valence-corrected chi connectivity index (χ0v) is 12.0. The van der Waals surface area contributed by atoms with Gasteiger partial charge in [0.05, 0.1) is 12.5 Å². The standard InChI is InChI=1S/C13H18BrNO2/c1-4-17-13(16)10(3)8-15-12-6-5-9(2)7-11(12)14/h5-7,10,15H,4,8H2,1-3H3. The topological polar surface area (TPSA) is 38.3 Å². The number of hydrogen-bond donors (Lipinski definition) is 1. The fraction of sp³-hybridized carbons (Fsp3) is 0.462. The summed E-state index contributed by atoms with van der Waals surface area (Å²) in [6.07, 6.45) is 0. The molecule has 1 rings (SSSR count). The summed E-state index contributed by atoms with van der Waals surface area (Å²) in [5.74, 6) is -0.314. The molecule has 0 spiro atoms. The van der Waals surface area contributed by atoms with Crippen LogP contribution in [0.1, 0.15) is 19.4 Å². The van der Waals surface area contributed by atoms with Crippen LogP contribution in [0.2, 0.25) is 0 Å². The van der Waals surface area contributed by atoms with E-state index in [1.165, 1.54) is 5.56 Å². The number of rotatable bonds is 5. The van der Waals surface area contributed by atoms with Gasteiger partial charge in [-0.3, -0.25) is 4.79 Å². The fourth-order valence-corrected chi connectivity index (χ4v) is 2.03. The van der Waals surface area contributed by atoms with E-state index in [1.54, 1.807) is 0 Å². The van der Waals surface area contributed by atoms with Crippen LogP contribution in [0.15, 0.2) is 22.7 Å². The Morgan fingerprint density at radius 3 is 2.82 bits per heavy atom. The lowest BCUT2D eigenvalue weighted by Gasteiger charge is -2.13. The molecule has 1 unspecified atom stereocenters. The van der Waals surface area contributed by atoms with Crippen LogP contribution < -0.4 is 5.32 Å². The predicted molar refractivity (Wildman–Crippen MR) is 73.2 cm³/mol. The van der Waals surface area contributed by atoms with Crippen molar-refractivity contribution >= 4 is 27.6 Å². The van der Waals surface area contributed by atoms with Crippen LogP contribution in [0, 0.1) is 12.8 Å². The molecule has 0 heterocycles. The zero-order chi connectivity index (χ0) is 12.8. The Bertz CT molecular complexity index is 393. The fourth-order valence-electron chi connectivity index (χ4n) is 1.39. The van der Waals surface area contributed by atoms with E-state index < -0.39 is 0 Å². The van der Waals surface area contributed by atoms with Crippen molar-refractivity contribution in [1.29, 1.82) is 0 Å². The van der Waals surface area contributed by atoms with E-state index in [0.29, 0.717) is 13.2 Å². The summed E-state index contributed by atoms with van der Waals surface area (Å²) in [6.45, 7) is 6.70. The summed E-state index contributed by atoms with van der Waals surface area (Å²) in [4.78, 5) is 11.4. The highest BCUT2D eigenvalue weighted by molar-refractivity contribution is 9.10. The average molecular weight is 300 g/mol. The quantitative estimate of drug-likeness (QED) is 0.847. The van der Waals surface area contributed by atoms with Crippen LogP contribution in [-0.2, 0) is 9.53 Å². The second kappa shape index (κ2) is 6.64. The van der Waals surface area contributed by atoms with Gasteiger partial charge in [-0.15, -0.1) is 0 Å². The van der Waals surface area contributed by atoms with Crippen molar-refractivity contribution in [1.82, 2.24) is 0 Å². The van der Waals surface area contributed by atoms with Gasteiger partial charge < -0.3 is 10.1 Å². The third kappa shape index (κ3) is 4.38. The smallest absolute Gasteiger partial charge is 0.310 e. The van der Waals surface area contributed by atoms with Gasteiger partial charge in [-0.1, -0.05) is 13.0 Å². The lowest BCUT2D eigenvalue weighted by molar-refractivity contribution is -0.146. The summed E-state index contributed by atoms with van der Waals surface area (Å²) in [7, 11) is 0. The summed E-state index contributed by atoms with van der Waals surface area (Å²) in [5, 5.41) is 3.23. The van der Waals surface area contributed by atoms with Crippen molar-refractivity contribution in [3.63, 3.8) is 0 Å². The van der Waals surface area contributed by atoms with E-state index in [4.69, 9.17) is 4.74 Å². The largest absolute Gasteiger partial charge is 0.466 e. The van der Waals surface area contributed by atoms with E-state index in [0.717, 1.165) is 10.2 Å². The molecule has 0 fully saturated rings. The van der Waals surface area contributed by atoms with Crippen LogP contribution in [0.5, 0.6) is 0 Å². The average Bonchev–Trinajstić information content (AvgIpc) is 2.27. The predicted octanol–water partition coefficient (Wildman–Crippen LogP) is 3.37. The first-order valence-corrected chi connectivity index (χ1v) is 6.50. The van der Waals surface area contributed by atoms with E-state index in [9.17, 15) is 4.79 Å². The molecule has 0 aliphatic rings. The number of carbonyl (C=O) groups excluding carboxylic acids is 1. The van der Waals surface area contributed by atoms with Crippen LogP contribution in [-0.4, -0.2) is 19.1 Å². The minimum Gasteiger partial charge on any atom is -0.466 e. The maximum atomic E-state index is 11.4. The van der Waals surface area contributed by atoms with Gasteiger partial charge >= 0.3 is 5.97 Å². The molecule has 1 aromatic rings. The second-order valence-electron chi connectivity index (χ2n) is 4.02. The number of ether oxygens (including phenoxy) is 1. The molecule has 1 N–H and O–H groups in total. The van der Waals surface area contributed by atoms with Gasteiger partial charge in [0.1, 0.15) is 0 Å². The number of hydrogen-bond acceptors (Lipinski definition) is 3. The van der Waals surface area contributed by atoms with Gasteiger partial charge in [-0.2, -0.15) is 0 Å². The number of nitrogens with one attached hydrogen (secondary N) is 1. The van der Waals surface area contributed by atoms with Crippen molar-refractivity contribution in [2.75, 3.05) is 18.5 Å². The molecule has 3 nitrogen and oxygen atoms in total. The van der Waals surface area contributed by atoms with Crippen LogP contribution >= 0.6 is 15.9 Å². The van der Waals surface area contributed by atoms with Crippen LogP contribution in [0.4, 0.5) is 5.69 Å². The van der Waals surface area contributed by atoms with Gasteiger partial charge in [0, 0.05) is 16.7 Å². The zero-order valence-electron chi connectivity index (χ0n) is 10.4. The molecule has 0 bridgehead atoms. The molecule has 1 aromatic carbocycles. The normalized spacial score (nSPS) is 12.0. The van der Waals surface area contributed by atoms with E-state index in [1.807, 2.05) is 39.0 Å². The Kier molecular flexibility index (Phi) is 5.48. The Balaban J connectivity index is 2.52. The van der Waals surface area contributed by atoms with Crippen LogP contribution in [0.3, 0.4) is 0 Å². The molecule has 0 radical (unpaired) electrons. The summed E-state index contributed by atoms with van der Waals surface area (Å²) < 4.78 is 5.96. The number of aryl methyl sites for hydroxylation is 1. The molecule has 0 aliphatic heterocycles. The Morgan fingerprint density at radius 1 is 1.53 bits per heavy atom. The van der Waals surface area contributed by atoms with E-state index in [2.05, 4.69) is 21.2 Å². The van der Waals surface area contributed by atoms with Crippen molar-refractivity contribution in [3.05, 3.63) is 28.2 Å². The monoisotopic (exact) mass is 299 g/mol. The summed E-state index contributed by atoms with van der Waals surface area (Å²) in [6, 6.07) is 6.07. The minimum atomic E-state index is -0.164. The molecule has 1 atom stereocenters. The highest BCUT2D eigenvalue weighted by Gasteiger charge is 2.13. The molecule has 0 saturated carbocycles. The lowest BCUT2D eigenvalue weighted by atomic mass is 10.1. The van der Waals surface area contributed by atoms with E-state index >= 15 is 0 Å². The van der Waals surface area contributed by atoms with Gasteiger partial charge in [0.25, 0.3) is 0 Å². The molecular formula is C13H18BrNO2. The SMILES string of the molecule is CCOC(=O)C(C)CNc1ccc(C)cc1Br. The van der Waals surface area contributed by atoms with Gasteiger partial charge in [0.2, 0.25) is 0 Å². The second-order valence-corrected chi connectivity index (χ2v) is 4.87. The first-order chi connectivity index (χ1) is 8.04. The molecule has 0 amide bonds. The van der Waals surface area contributed by atoms with Gasteiger partial charge in [-0.25, -0.2) is 0 Å². The summed E-state index contributed by atoms with van der Waals surface area (Å²) >= 11 is 3.49. The Morgan fingerprint density at radius 2 is 2.24 bits per heavy atom. The molecule has 0 aromatic heterocycles. The lowest BCUT2D eigenvalue weighted by Crippen LogP contribution is -2.22.